The van der Waals surface area contributed by atoms with Gasteiger partial charge in [0.1, 0.15) is 11.9 Å². The molecule has 6 nitrogen and oxygen atoms in total. The summed E-state index contributed by atoms with van der Waals surface area (Å²) < 4.78 is 0.581. The standard InChI is InChI=1S/C11H15BrN4O2/c1-11(6-13,7-2-3-7)15-10-8(12)4-14-5-9(10)16(17)18/h4-5,7H,2-3,6,13H2,1H3,(H,14,15). The van der Waals surface area contributed by atoms with Crippen molar-refractivity contribution >= 4 is 27.3 Å². The second-order valence-electron chi connectivity index (χ2n) is 4.79. The van der Waals surface area contributed by atoms with Crippen molar-refractivity contribution in [1.82, 2.24) is 4.98 Å². The molecule has 2 rings (SSSR count). The van der Waals surface area contributed by atoms with Gasteiger partial charge in [0.15, 0.2) is 0 Å². The first-order valence-electron chi connectivity index (χ1n) is 5.74. The van der Waals surface area contributed by atoms with E-state index < -0.39 is 4.92 Å². The SMILES string of the molecule is CC(CN)(Nc1c(Br)cncc1[N+](=O)[O-])C1CC1. The number of nitrogens with one attached hydrogen (secondary N) is 1. The topological polar surface area (TPSA) is 94.1 Å². The number of nitrogens with two attached hydrogens (primary N) is 1. The molecule has 98 valence electrons. The number of rotatable bonds is 5. The molecule has 0 aromatic carbocycles. The van der Waals surface area contributed by atoms with Gasteiger partial charge >= 0.3 is 5.69 Å². The lowest BCUT2D eigenvalue weighted by Crippen LogP contribution is -2.44. The molecule has 1 aliphatic rings. The first-order chi connectivity index (χ1) is 8.48. The molecule has 7 heteroatoms. The van der Waals surface area contributed by atoms with Gasteiger partial charge in [0.2, 0.25) is 0 Å². The summed E-state index contributed by atoms with van der Waals surface area (Å²) in [6.45, 7) is 2.44. The molecule has 0 radical (unpaired) electrons. The van der Waals surface area contributed by atoms with Crippen LogP contribution in [0.3, 0.4) is 0 Å². The lowest BCUT2D eigenvalue weighted by Gasteiger charge is -2.30. The lowest BCUT2D eigenvalue weighted by molar-refractivity contribution is -0.384. The molecule has 3 N–H and O–H groups in total. The van der Waals surface area contributed by atoms with Crippen molar-refractivity contribution in [3.05, 3.63) is 27.0 Å². The smallest absolute Gasteiger partial charge is 0.311 e. The van der Waals surface area contributed by atoms with Gasteiger partial charge in [0.05, 0.1) is 9.40 Å². The van der Waals surface area contributed by atoms with Gasteiger partial charge in [-0.15, -0.1) is 0 Å². The molecule has 1 saturated carbocycles. The van der Waals surface area contributed by atoms with E-state index in [4.69, 9.17) is 5.73 Å². The van der Waals surface area contributed by atoms with E-state index in [0.29, 0.717) is 22.6 Å². The first kappa shape index (κ1) is 13.2. The number of nitrogens with zero attached hydrogens (tertiary/aromatic N) is 2. The van der Waals surface area contributed by atoms with Crippen LogP contribution in [0.1, 0.15) is 19.8 Å². The van der Waals surface area contributed by atoms with Crippen molar-refractivity contribution in [3.63, 3.8) is 0 Å². The van der Waals surface area contributed by atoms with Gasteiger partial charge in [0.25, 0.3) is 0 Å². The molecule has 1 aliphatic carbocycles. The Labute approximate surface area is 113 Å². The van der Waals surface area contributed by atoms with Crippen LogP contribution in [0.15, 0.2) is 16.9 Å². The predicted octanol–water partition coefficient (Wildman–Crippen LogP) is 2.29. The van der Waals surface area contributed by atoms with Crippen LogP contribution in [0.4, 0.5) is 11.4 Å². The van der Waals surface area contributed by atoms with E-state index in [9.17, 15) is 10.1 Å². The summed E-state index contributed by atoms with van der Waals surface area (Å²) in [7, 11) is 0. The fourth-order valence-corrected chi connectivity index (χ4v) is 2.43. The highest BCUT2D eigenvalue weighted by Crippen LogP contribution is 2.43. The fraction of sp³-hybridized carbons (Fsp3) is 0.545. The van der Waals surface area contributed by atoms with Gasteiger partial charge in [-0.3, -0.25) is 15.1 Å². The van der Waals surface area contributed by atoms with Crippen LogP contribution in [0.5, 0.6) is 0 Å². The second-order valence-corrected chi connectivity index (χ2v) is 5.65. The highest BCUT2D eigenvalue weighted by atomic mass is 79.9. The lowest BCUT2D eigenvalue weighted by atomic mass is 9.95. The molecule has 0 bridgehead atoms. The maximum Gasteiger partial charge on any atom is 0.311 e. The summed E-state index contributed by atoms with van der Waals surface area (Å²) >= 11 is 3.30. The predicted molar refractivity (Wildman–Crippen MR) is 72.4 cm³/mol. The van der Waals surface area contributed by atoms with Gasteiger partial charge in [-0.05, 0) is 41.6 Å². The van der Waals surface area contributed by atoms with Gasteiger partial charge in [-0.2, -0.15) is 0 Å². The molecule has 1 aromatic heterocycles. The average Bonchev–Trinajstić information content (AvgIpc) is 3.15. The summed E-state index contributed by atoms with van der Waals surface area (Å²) in [5, 5.41) is 14.2. The number of hydrogen-bond acceptors (Lipinski definition) is 5. The van der Waals surface area contributed by atoms with E-state index in [1.807, 2.05) is 6.92 Å². The van der Waals surface area contributed by atoms with Crippen LogP contribution in [0.25, 0.3) is 0 Å². The number of anilines is 1. The zero-order valence-corrected chi connectivity index (χ0v) is 11.6. The normalized spacial score (nSPS) is 18.2. The summed E-state index contributed by atoms with van der Waals surface area (Å²) in [5.41, 5.74) is 5.91. The van der Waals surface area contributed by atoms with Crippen molar-refractivity contribution in [2.24, 2.45) is 11.7 Å². The Morgan fingerprint density at radius 3 is 2.83 bits per heavy atom. The van der Waals surface area contributed by atoms with E-state index in [-0.39, 0.29) is 11.2 Å². The monoisotopic (exact) mass is 314 g/mol. The Hall–Kier alpha value is -1.21. The first-order valence-corrected chi connectivity index (χ1v) is 6.53. The van der Waals surface area contributed by atoms with Crippen LogP contribution in [0.2, 0.25) is 0 Å². The van der Waals surface area contributed by atoms with E-state index in [2.05, 4.69) is 26.2 Å². The molecular weight excluding hydrogens is 300 g/mol. The van der Waals surface area contributed by atoms with E-state index in [1.165, 1.54) is 6.20 Å². The number of hydrogen-bond donors (Lipinski definition) is 2. The molecular formula is C11H15BrN4O2. The number of nitro groups is 1. The third-order valence-corrected chi connectivity index (χ3v) is 3.99. The van der Waals surface area contributed by atoms with Gasteiger partial charge in [0, 0.05) is 18.3 Å². The quantitative estimate of drug-likeness (QED) is 0.642. The molecule has 18 heavy (non-hydrogen) atoms. The molecule has 0 amide bonds. The minimum absolute atomic E-state index is 0.0373. The average molecular weight is 315 g/mol. The summed E-state index contributed by atoms with van der Waals surface area (Å²) in [5.74, 6) is 0.474. The van der Waals surface area contributed by atoms with Crippen LogP contribution in [0, 0.1) is 16.0 Å². The third kappa shape index (κ3) is 2.46. The van der Waals surface area contributed by atoms with Gasteiger partial charge in [-0.1, -0.05) is 0 Å². The Morgan fingerprint density at radius 2 is 2.33 bits per heavy atom. The zero-order valence-electron chi connectivity index (χ0n) is 10.0. The molecule has 1 atom stereocenters. The van der Waals surface area contributed by atoms with Gasteiger partial charge < -0.3 is 11.1 Å². The van der Waals surface area contributed by atoms with Crippen LogP contribution >= 0.6 is 15.9 Å². The molecule has 1 heterocycles. The highest BCUT2D eigenvalue weighted by Gasteiger charge is 2.41. The molecule has 1 aromatic rings. The summed E-state index contributed by atoms with van der Waals surface area (Å²) in [4.78, 5) is 14.4. The Kier molecular flexibility index (Phi) is 3.54. The molecule has 1 unspecified atom stereocenters. The minimum Gasteiger partial charge on any atom is -0.372 e. The number of aromatic nitrogens is 1. The molecule has 1 fully saturated rings. The largest absolute Gasteiger partial charge is 0.372 e. The van der Waals surface area contributed by atoms with Crippen molar-refractivity contribution in [2.75, 3.05) is 11.9 Å². The van der Waals surface area contributed by atoms with Crippen molar-refractivity contribution in [1.29, 1.82) is 0 Å². The van der Waals surface area contributed by atoms with Crippen molar-refractivity contribution in [2.45, 2.75) is 25.3 Å². The molecule has 0 spiro atoms. The van der Waals surface area contributed by atoms with Crippen LogP contribution < -0.4 is 11.1 Å². The highest BCUT2D eigenvalue weighted by molar-refractivity contribution is 9.10. The third-order valence-electron chi connectivity index (χ3n) is 3.39. The van der Waals surface area contributed by atoms with E-state index in [1.54, 1.807) is 6.20 Å². The summed E-state index contributed by atoms with van der Waals surface area (Å²) in [6.07, 6.45) is 5.00. The zero-order chi connectivity index (χ0) is 13.3. The molecule has 0 saturated heterocycles. The molecule has 0 aliphatic heterocycles. The Morgan fingerprint density at radius 1 is 1.67 bits per heavy atom. The van der Waals surface area contributed by atoms with Crippen LogP contribution in [-0.4, -0.2) is 22.0 Å². The Balaban J connectivity index is 2.35. The Bertz CT molecular complexity index is 478. The van der Waals surface area contributed by atoms with Crippen molar-refractivity contribution in [3.8, 4) is 0 Å². The maximum atomic E-state index is 11.0. The van der Waals surface area contributed by atoms with E-state index in [0.717, 1.165) is 12.8 Å². The minimum atomic E-state index is -0.441. The van der Waals surface area contributed by atoms with Crippen LogP contribution in [-0.2, 0) is 0 Å². The fourth-order valence-electron chi connectivity index (χ4n) is 2.01. The number of halogens is 1. The second kappa shape index (κ2) is 4.81. The van der Waals surface area contributed by atoms with E-state index >= 15 is 0 Å². The van der Waals surface area contributed by atoms with Crippen molar-refractivity contribution < 1.29 is 4.92 Å². The number of pyridine rings is 1. The summed E-state index contributed by atoms with van der Waals surface area (Å²) in [6, 6.07) is 0. The maximum absolute atomic E-state index is 11.0. The van der Waals surface area contributed by atoms with Gasteiger partial charge in [-0.25, -0.2) is 0 Å².